The van der Waals surface area contributed by atoms with E-state index in [4.69, 9.17) is 15.2 Å². The molecule has 6 nitrogen and oxygen atoms in total. The predicted molar refractivity (Wildman–Crippen MR) is 77.6 cm³/mol. The highest BCUT2D eigenvalue weighted by Gasteiger charge is 2.60. The Bertz CT molecular complexity index is 426. The monoisotopic (exact) mass is 298 g/mol. The van der Waals surface area contributed by atoms with Crippen molar-refractivity contribution in [3.63, 3.8) is 0 Å². The Morgan fingerprint density at radius 3 is 2.43 bits per heavy atom. The smallest absolute Gasteiger partial charge is 0.410 e. The number of esters is 1. The second kappa shape index (κ2) is 5.48. The molecule has 2 fully saturated rings. The van der Waals surface area contributed by atoms with Crippen molar-refractivity contribution in [1.29, 1.82) is 0 Å². The molecule has 120 valence electrons. The number of carbonyl (C=O) groups is 2. The minimum atomic E-state index is -0.671. The fourth-order valence-electron chi connectivity index (χ4n) is 3.26. The van der Waals surface area contributed by atoms with Crippen molar-refractivity contribution < 1.29 is 19.1 Å². The summed E-state index contributed by atoms with van der Waals surface area (Å²) in [6.45, 7) is 6.21. The van der Waals surface area contributed by atoms with Crippen LogP contribution in [-0.4, -0.2) is 48.3 Å². The molecule has 0 radical (unpaired) electrons. The molecule has 0 bridgehead atoms. The zero-order chi connectivity index (χ0) is 15.8. The molecule has 0 aromatic carbocycles. The highest BCUT2D eigenvalue weighted by atomic mass is 16.6. The average Bonchev–Trinajstić information content (AvgIpc) is 3.04. The maximum absolute atomic E-state index is 12.4. The fourth-order valence-corrected chi connectivity index (χ4v) is 3.26. The molecule has 2 rings (SSSR count). The molecule has 1 aliphatic carbocycles. The summed E-state index contributed by atoms with van der Waals surface area (Å²) in [5, 5.41) is 0. The molecule has 21 heavy (non-hydrogen) atoms. The zero-order valence-corrected chi connectivity index (χ0v) is 13.3. The third-order valence-corrected chi connectivity index (χ3v) is 4.45. The van der Waals surface area contributed by atoms with Crippen LogP contribution in [0.5, 0.6) is 0 Å². The number of hydrogen-bond donors (Lipinski definition) is 1. The van der Waals surface area contributed by atoms with Gasteiger partial charge in [0.1, 0.15) is 11.6 Å². The third-order valence-electron chi connectivity index (χ3n) is 4.45. The lowest BCUT2D eigenvalue weighted by atomic mass is 9.87. The highest BCUT2D eigenvalue weighted by Crippen LogP contribution is 2.55. The van der Waals surface area contributed by atoms with Crippen molar-refractivity contribution in [2.75, 3.05) is 13.7 Å². The van der Waals surface area contributed by atoms with E-state index in [-0.39, 0.29) is 17.6 Å². The highest BCUT2D eigenvalue weighted by molar-refractivity contribution is 5.78. The average molecular weight is 298 g/mol. The van der Waals surface area contributed by atoms with Crippen LogP contribution in [0, 0.1) is 5.41 Å². The summed E-state index contributed by atoms with van der Waals surface area (Å²) < 4.78 is 10.2. The summed E-state index contributed by atoms with van der Waals surface area (Å²) in [7, 11) is 1.35. The molecular weight excluding hydrogens is 272 g/mol. The lowest BCUT2D eigenvalue weighted by molar-refractivity contribution is -0.144. The van der Waals surface area contributed by atoms with Crippen LogP contribution >= 0.6 is 0 Å². The summed E-state index contributed by atoms with van der Waals surface area (Å²) in [6.07, 6.45) is 3.18. The molecule has 2 aliphatic rings. The van der Waals surface area contributed by atoms with Gasteiger partial charge in [-0.2, -0.15) is 0 Å². The molecule has 1 heterocycles. The molecule has 1 amide bonds. The molecule has 2 atom stereocenters. The number of carbonyl (C=O) groups excluding carboxylic acids is 2. The first-order valence-electron chi connectivity index (χ1n) is 7.54. The van der Waals surface area contributed by atoms with Gasteiger partial charge in [-0.1, -0.05) is 0 Å². The lowest BCUT2D eigenvalue weighted by Gasteiger charge is -2.35. The Labute approximate surface area is 125 Å². The van der Waals surface area contributed by atoms with Gasteiger partial charge in [0, 0.05) is 18.0 Å². The van der Waals surface area contributed by atoms with Gasteiger partial charge in [0.05, 0.1) is 7.11 Å². The summed E-state index contributed by atoms with van der Waals surface area (Å²) in [5.74, 6) is -0.400. The Morgan fingerprint density at radius 2 is 1.95 bits per heavy atom. The molecule has 6 heteroatoms. The fraction of sp³-hybridized carbons (Fsp3) is 0.867. The number of ether oxygens (including phenoxy) is 2. The number of hydrogen-bond acceptors (Lipinski definition) is 5. The normalized spacial score (nSPS) is 25.4. The second-order valence-electron chi connectivity index (χ2n) is 7.07. The molecule has 0 aromatic heterocycles. The first-order chi connectivity index (χ1) is 9.71. The molecule has 1 saturated carbocycles. The van der Waals surface area contributed by atoms with Crippen molar-refractivity contribution in [2.24, 2.45) is 11.1 Å². The SMILES string of the molecule is COC(=O)C(N)C1(C2CCCN2C(=O)OC(C)(C)C)CC1. The second-order valence-corrected chi connectivity index (χ2v) is 7.07. The van der Waals surface area contributed by atoms with E-state index in [1.54, 1.807) is 4.90 Å². The summed E-state index contributed by atoms with van der Waals surface area (Å²) in [5.41, 5.74) is 5.23. The molecule has 1 saturated heterocycles. The van der Waals surface area contributed by atoms with Crippen LogP contribution in [0.25, 0.3) is 0 Å². The van der Waals surface area contributed by atoms with Gasteiger partial charge in [0.15, 0.2) is 0 Å². The van der Waals surface area contributed by atoms with Crippen LogP contribution in [0.4, 0.5) is 4.79 Å². The van der Waals surface area contributed by atoms with Crippen LogP contribution < -0.4 is 5.73 Å². The van der Waals surface area contributed by atoms with Crippen LogP contribution in [0.3, 0.4) is 0 Å². The number of nitrogens with zero attached hydrogens (tertiary/aromatic N) is 1. The van der Waals surface area contributed by atoms with E-state index in [2.05, 4.69) is 0 Å². The van der Waals surface area contributed by atoms with Gasteiger partial charge in [-0.15, -0.1) is 0 Å². The first-order valence-corrected chi connectivity index (χ1v) is 7.54. The molecule has 2 unspecified atom stereocenters. The Hall–Kier alpha value is -1.30. The standard InChI is InChI=1S/C15H26N2O4/c1-14(2,3)21-13(19)17-9-5-6-10(17)15(7-8-15)11(16)12(18)20-4/h10-11H,5-9,16H2,1-4H3. The molecule has 0 aromatic rings. The minimum absolute atomic E-state index is 0.0264. The van der Waals surface area contributed by atoms with Crippen molar-refractivity contribution in [2.45, 2.75) is 64.1 Å². The minimum Gasteiger partial charge on any atom is -0.468 e. The van der Waals surface area contributed by atoms with Gasteiger partial charge in [0.25, 0.3) is 0 Å². The Morgan fingerprint density at radius 1 is 1.33 bits per heavy atom. The topological polar surface area (TPSA) is 81.9 Å². The van der Waals surface area contributed by atoms with Gasteiger partial charge in [0.2, 0.25) is 0 Å². The predicted octanol–water partition coefficient (Wildman–Crippen LogP) is 1.67. The van der Waals surface area contributed by atoms with Crippen LogP contribution in [0.15, 0.2) is 0 Å². The Kier molecular flexibility index (Phi) is 4.19. The Balaban J connectivity index is 2.12. The lowest BCUT2D eigenvalue weighted by Crippen LogP contribution is -2.52. The molecule has 0 spiro atoms. The van der Waals surface area contributed by atoms with Gasteiger partial charge in [-0.3, -0.25) is 4.79 Å². The van der Waals surface area contributed by atoms with Crippen molar-refractivity contribution in [1.82, 2.24) is 4.90 Å². The van der Waals surface area contributed by atoms with E-state index in [0.717, 1.165) is 25.7 Å². The zero-order valence-electron chi connectivity index (χ0n) is 13.3. The number of amides is 1. The van der Waals surface area contributed by atoms with Gasteiger partial charge in [-0.05, 0) is 46.5 Å². The number of methoxy groups -OCH3 is 1. The third kappa shape index (κ3) is 3.15. The van der Waals surface area contributed by atoms with Crippen molar-refractivity contribution in [3.05, 3.63) is 0 Å². The van der Waals surface area contributed by atoms with Gasteiger partial charge >= 0.3 is 12.1 Å². The number of likely N-dealkylation sites (tertiary alicyclic amines) is 1. The molecule has 1 aliphatic heterocycles. The van der Waals surface area contributed by atoms with Crippen molar-refractivity contribution in [3.8, 4) is 0 Å². The first kappa shape index (κ1) is 16.1. The van der Waals surface area contributed by atoms with Crippen LogP contribution in [-0.2, 0) is 14.3 Å². The maximum Gasteiger partial charge on any atom is 0.410 e. The summed E-state index contributed by atoms with van der Waals surface area (Å²) >= 11 is 0. The van der Waals surface area contributed by atoms with E-state index in [1.807, 2.05) is 20.8 Å². The van der Waals surface area contributed by atoms with E-state index >= 15 is 0 Å². The summed E-state index contributed by atoms with van der Waals surface area (Å²) in [6, 6.07) is -0.697. The molecule has 2 N–H and O–H groups in total. The van der Waals surface area contributed by atoms with E-state index in [1.165, 1.54) is 7.11 Å². The number of nitrogens with two attached hydrogens (primary N) is 1. The van der Waals surface area contributed by atoms with Gasteiger partial charge in [-0.25, -0.2) is 4.79 Å². The summed E-state index contributed by atoms with van der Waals surface area (Å²) in [4.78, 5) is 25.9. The largest absolute Gasteiger partial charge is 0.468 e. The van der Waals surface area contributed by atoms with E-state index < -0.39 is 17.6 Å². The van der Waals surface area contributed by atoms with Crippen LogP contribution in [0.2, 0.25) is 0 Å². The van der Waals surface area contributed by atoms with Crippen molar-refractivity contribution >= 4 is 12.1 Å². The maximum atomic E-state index is 12.4. The van der Waals surface area contributed by atoms with E-state index in [0.29, 0.717) is 6.54 Å². The molecular formula is C15H26N2O4. The quantitative estimate of drug-likeness (QED) is 0.801. The number of rotatable bonds is 3. The van der Waals surface area contributed by atoms with E-state index in [9.17, 15) is 9.59 Å². The van der Waals surface area contributed by atoms with Crippen LogP contribution in [0.1, 0.15) is 46.5 Å². The van der Waals surface area contributed by atoms with Gasteiger partial charge < -0.3 is 20.1 Å².